The molecule has 1 fully saturated rings. The van der Waals surface area contributed by atoms with Gasteiger partial charge in [0.05, 0.1) is 45.1 Å². The highest BCUT2D eigenvalue weighted by molar-refractivity contribution is 6.04. The van der Waals surface area contributed by atoms with Crippen LogP contribution in [0.3, 0.4) is 0 Å². The van der Waals surface area contributed by atoms with E-state index in [2.05, 4.69) is 10.6 Å². The summed E-state index contributed by atoms with van der Waals surface area (Å²) in [6.07, 6.45) is 2.06. The average Bonchev–Trinajstić information content (AvgIpc) is 3.30. The molecule has 1 saturated heterocycles. The molecule has 31 heavy (non-hydrogen) atoms. The van der Waals surface area contributed by atoms with Gasteiger partial charge in [-0.05, 0) is 42.7 Å². The molecule has 3 rings (SSSR count). The van der Waals surface area contributed by atoms with E-state index in [-0.39, 0.29) is 24.3 Å². The zero-order chi connectivity index (χ0) is 22.2. The summed E-state index contributed by atoms with van der Waals surface area (Å²) in [5.74, 6) is 0.882. The molecule has 0 spiro atoms. The minimum Gasteiger partial charge on any atom is -0.493 e. The number of methoxy groups -OCH3 is 3. The number of amides is 2. The van der Waals surface area contributed by atoms with E-state index in [0.29, 0.717) is 40.6 Å². The zero-order valence-electron chi connectivity index (χ0n) is 18.0. The molecule has 0 saturated carbocycles. The third-order valence-corrected chi connectivity index (χ3v) is 5.05. The van der Waals surface area contributed by atoms with E-state index >= 15 is 0 Å². The molecule has 8 nitrogen and oxygen atoms in total. The Bertz CT molecular complexity index is 899. The van der Waals surface area contributed by atoms with Crippen LogP contribution in [0.25, 0.3) is 0 Å². The van der Waals surface area contributed by atoms with Crippen molar-refractivity contribution < 1.29 is 28.5 Å². The first-order valence-electron chi connectivity index (χ1n) is 10.1. The lowest BCUT2D eigenvalue weighted by molar-refractivity contribution is -0.115. The zero-order valence-corrected chi connectivity index (χ0v) is 18.0. The topological polar surface area (TPSA) is 95.1 Å². The minimum absolute atomic E-state index is 0.0470. The standard InChI is InChI=1S/C23H28N2O6/c1-28-19-11-15(12-20(29-2)22(19)30-3)13-21(26)25-18-9-5-4-8-17(18)23(27)24-14-16-7-6-10-31-16/h4-5,8-9,11-12,16H,6-7,10,13-14H2,1-3H3,(H,24,27)(H,25,26). The van der Waals surface area contributed by atoms with Crippen LogP contribution in [-0.4, -0.2) is 52.4 Å². The van der Waals surface area contributed by atoms with Crippen LogP contribution < -0.4 is 24.8 Å². The van der Waals surface area contributed by atoms with Crippen molar-refractivity contribution in [2.75, 3.05) is 39.8 Å². The summed E-state index contributed by atoms with van der Waals surface area (Å²) in [5, 5.41) is 5.71. The van der Waals surface area contributed by atoms with Gasteiger partial charge in [0.2, 0.25) is 11.7 Å². The van der Waals surface area contributed by atoms with Crippen molar-refractivity contribution in [1.82, 2.24) is 5.32 Å². The molecular formula is C23H28N2O6. The summed E-state index contributed by atoms with van der Waals surface area (Å²) < 4.78 is 21.5. The molecule has 1 heterocycles. The lowest BCUT2D eigenvalue weighted by Gasteiger charge is -2.15. The van der Waals surface area contributed by atoms with Gasteiger partial charge in [0, 0.05) is 13.2 Å². The van der Waals surface area contributed by atoms with Crippen molar-refractivity contribution in [2.45, 2.75) is 25.4 Å². The summed E-state index contributed by atoms with van der Waals surface area (Å²) in [5.41, 5.74) is 1.54. The fraction of sp³-hybridized carbons (Fsp3) is 0.391. The molecule has 2 N–H and O–H groups in total. The maximum Gasteiger partial charge on any atom is 0.253 e. The molecule has 0 radical (unpaired) electrons. The van der Waals surface area contributed by atoms with Crippen LogP contribution >= 0.6 is 0 Å². The summed E-state index contributed by atoms with van der Waals surface area (Å²) in [6.45, 7) is 1.18. The summed E-state index contributed by atoms with van der Waals surface area (Å²) in [6, 6.07) is 10.4. The van der Waals surface area contributed by atoms with Gasteiger partial charge < -0.3 is 29.6 Å². The Balaban J connectivity index is 1.69. The maximum absolute atomic E-state index is 12.7. The number of nitrogens with one attached hydrogen (secondary N) is 2. The van der Waals surface area contributed by atoms with E-state index in [1.165, 1.54) is 21.3 Å². The van der Waals surface area contributed by atoms with Gasteiger partial charge in [-0.2, -0.15) is 0 Å². The van der Waals surface area contributed by atoms with Crippen LogP contribution in [0.2, 0.25) is 0 Å². The predicted octanol–water partition coefficient (Wildman–Crippen LogP) is 2.80. The van der Waals surface area contributed by atoms with Crippen LogP contribution in [0.4, 0.5) is 5.69 Å². The molecule has 2 aromatic carbocycles. The number of ether oxygens (including phenoxy) is 4. The molecule has 8 heteroatoms. The Morgan fingerprint density at radius 2 is 1.77 bits per heavy atom. The Morgan fingerprint density at radius 1 is 1.06 bits per heavy atom. The Hall–Kier alpha value is -3.26. The smallest absolute Gasteiger partial charge is 0.253 e. The highest BCUT2D eigenvalue weighted by atomic mass is 16.5. The molecule has 1 atom stereocenters. The van der Waals surface area contributed by atoms with Gasteiger partial charge in [-0.25, -0.2) is 0 Å². The summed E-state index contributed by atoms with van der Waals surface area (Å²) >= 11 is 0. The summed E-state index contributed by atoms with van der Waals surface area (Å²) in [4.78, 5) is 25.3. The molecule has 2 aromatic rings. The van der Waals surface area contributed by atoms with Crippen LogP contribution in [0.5, 0.6) is 17.2 Å². The first-order valence-corrected chi connectivity index (χ1v) is 10.1. The van der Waals surface area contributed by atoms with Gasteiger partial charge >= 0.3 is 0 Å². The Kier molecular flexibility index (Phi) is 7.72. The SMILES string of the molecule is COc1cc(CC(=O)Nc2ccccc2C(=O)NCC2CCCO2)cc(OC)c1OC. The Morgan fingerprint density at radius 3 is 2.39 bits per heavy atom. The van der Waals surface area contributed by atoms with Crippen molar-refractivity contribution in [2.24, 2.45) is 0 Å². The predicted molar refractivity (Wildman–Crippen MR) is 116 cm³/mol. The van der Waals surface area contributed by atoms with Crippen molar-refractivity contribution in [3.05, 3.63) is 47.5 Å². The van der Waals surface area contributed by atoms with Crippen molar-refractivity contribution >= 4 is 17.5 Å². The first-order chi connectivity index (χ1) is 15.0. The highest BCUT2D eigenvalue weighted by Crippen LogP contribution is 2.38. The molecule has 0 aliphatic carbocycles. The minimum atomic E-state index is -0.270. The average molecular weight is 428 g/mol. The van der Waals surface area contributed by atoms with Gasteiger partial charge in [-0.15, -0.1) is 0 Å². The largest absolute Gasteiger partial charge is 0.493 e. The lowest BCUT2D eigenvalue weighted by Crippen LogP contribution is -2.32. The van der Waals surface area contributed by atoms with Gasteiger partial charge in [0.15, 0.2) is 11.5 Å². The van der Waals surface area contributed by atoms with Crippen molar-refractivity contribution in [3.8, 4) is 17.2 Å². The van der Waals surface area contributed by atoms with E-state index < -0.39 is 0 Å². The van der Waals surface area contributed by atoms with Crippen molar-refractivity contribution in [3.63, 3.8) is 0 Å². The summed E-state index contributed by atoms with van der Waals surface area (Å²) in [7, 11) is 4.56. The number of carbonyl (C=O) groups excluding carboxylic acids is 2. The van der Waals surface area contributed by atoms with Crippen LogP contribution in [-0.2, 0) is 16.0 Å². The molecule has 166 valence electrons. The number of benzene rings is 2. The van der Waals surface area contributed by atoms with Crippen LogP contribution in [0.1, 0.15) is 28.8 Å². The molecule has 1 aliphatic heterocycles. The number of anilines is 1. The molecule has 1 unspecified atom stereocenters. The first kappa shape index (κ1) is 22.4. The van der Waals surface area contributed by atoms with Crippen LogP contribution in [0.15, 0.2) is 36.4 Å². The van der Waals surface area contributed by atoms with Gasteiger partial charge in [-0.1, -0.05) is 12.1 Å². The van der Waals surface area contributed by atoms with E-state index in [1.807, 2.05) is 0 Å². The fourth-order valence-electron chi connectivity index (χ4n) is 3.51. The fourth-order valence-corrected chi connectivity index (χ4v) is 3.51. The number of hydrogen-bond donors (Lipinski definition) is 2. The lowest BCUT2D eigenvalue weighted by atomic mass is 10.1. The van der Waals surface area contributed by atoms with Gasteiger partial charge in [-0.3, -0.25) is 9.59 Å². The highest BCUT2D eigenvalue weighted by Gasteiger charge is 2.19. The van der Waals surface area contributed by atoms with E-state index in [4.69, 9.17) is 18.9 Å². The van der Waals surface area contributed by atoms with Crippen LogP contribution in [0, 0.1) is 0 Å². The normalized spacial score (nSPS) is 15.3. The number of rotatable bonds is 9. The van der Waals surface area contributed by atoms with Gasteiger partial charge in [0.1, 0.15) is 0 Å². The maximum atomic E-state index is 12.7. The third kappa shape index (κ3) is 5.67. The molecule has 2 amide bonds. The third-order valence-electron chi connectivity index (χ3n) is 5.05. The Labute approximate surface area is 181 Å². The second kappa shape index (κ2) is 10.7. The monoisotopic (exact) mass is 428 g/mol. The number of carbonyl (C=O) groups is 2. The van der Waals surface area contributed by atoms with Crippen molar-refractivity contribution in [1.29, 1.82) is 0 Å². The van der Waals surface area contributed by atoms with E-state index in [1.54, 1.807) is 36.4 Å². The van der Waals surface area contributed by atoms with Gasteiger partial charge in [0.25, 0.3) is 5.91 Å². The second-order valence-corrected chi connectivity index (χ2v) is 7.15. The molecule has 0 bridgehead atoms. The van der Waals surface area contributed by atoms with E-state index in [9.17, 15) is 9.59 Å². The molecule has 1 aliphatic rings. The molecule has 0 aromatic heterocycles. The second-order valence-electron chi connectivity index (χ2n) is 7.15. The molecular weight excluding hydrogens is 400 g/mol. The number of para-hydroxylation sites is 1. The number of hydrogen-bond acceptors (Lipinski definition) is 6. The quantitative estimate of drug-likeness (QED) is 0.638. The van der Waals surface area contributed by atoms with E-state index in [0.717, 1.165) is 19.4 Å².